The molecule has 0 N–H and O–H groups in total. The molecule has 4 rings (SSSR count). The number of hydrogen-bond donors (Lipinski definition) is 0. The van der Waals surface area contributed by atoms with Crippen molar-refractivity contribution in [2.75, 3.05) is 0 Å². The molecule has 2 aliphatic carbocycles. The van der Waals surface area contributed by atoms with Crippen molar-refractivity contribution in [3.8, 4) is 11.8 Å². The fraction of sp³-hybridized carbons (Fsp3) is 0.417. The number of benzene rings is 1. The number of isothiocyanates is 1. The fourth-order valence-corrected chi connectivity index (χ4v) is 4.25. The number of hydrogen-bond acceptors (Lipinski definition) is 3. The molecule has 2 aliphatic rings. The van der Waals surface area contributed by atoms with Gasteiger partial charge in [-0.15, -0.1) is 0 Å². The van der Waals surface area contributed by atoms with Crippen molar-refractivity contribution in [3.05, 3.63) is 59.0 Å². The van der Waals surface area contributed by atoms with E-state index in [0.717, 1.165) is 17.4 Å². The van der Waals surface area contributed by atoms with Crippen molar-refractivity contribution in [2.24, 2.45) is 16.8 Å². The van der Waals surface area contributed by atoms with Gasteiger partial charge < -0.3 is 0 Å². The lowest BCUT2D eigenvalue weighted by atomic mass is 9.77. The minimum atomic E-state index is -0.453. The van der Waals surface area contributed by atoms with E-state index < -0.39 is 5.82 Å². The molecule has 0 aliphatic heterocycles. The lowest BCUT2D eigenvalue weighted by Crippen LogP contribution is -2.13. The van der Waals surface area contributed by atoms with Crippen LogP contribution in [0.5, 0.6) is 0 Å². The van der Waals surface area contributed by atoms with E-state index in [2.05, 4.69) is 51.3 Å². The third-order valence-electron chi connectivity index (χ3n) is 5.93. The fourth-order valence-electron chi connectivity index (χ4n) is 4.16. The van der Waals surface area contributed by atoms with Crippen LogP contribution in [-0.2, 0) is 0 Å². The highest BCUT2D eigenvalue weighted by Crippen LogP contribution is 2.43. The molecule has 2 fully saturated rings. The van der Waals surface area contributed by atoms with Crippen molar-refractivity contribution in [1.82, 2.24) is 4.98 Å². The van der Waals surface area contributed by atoms with E-state index in [1.165, 1.54) is 62.8 Å². The van der Waals surface area contributed by atoms with Crippen molar-refractivity contribution in [2.45, 2.75) is 50.9 Å². The van der Waals surface area contributed by atoms with E-state index in [0.29, 0.717) is 5.92 Å². The highest BCUT2D eigenvalue weighted by atomic mass is 32.1. The Morgan fingerprint density at radius 2 is 1.68 bits per heavy atom. The van der Waals surface area contributed by atoms with Gasteiger partial charge in [-0.1, -0.05) is 36.8 Å². The van der Waals surface area contributed by atoms with Gasteiger partial charge in [0.2, 0.25) is 0 Å². The van der Waals surface area contributed by atoms with Crippen LogP contribution in [0.3, 0.4) is 0 Å². The summed E-state index contributed by atoms with van der Waals surface area (Å²) >= 11 is 4.50. The zero-order chi connectivity index (χ0) is 19.3. The van der Waals surface area contributed by atoms with E-state index in [1.54, 1.807) is 0 Å². The Labute approximate surface area is 171 Å². The first kappa shape index (κ1) is 19.0. The summed E-state index contributed by atoms with van der Waals surface area (Å²) in [6, 6.07) is 9.65. The quantitative estimate of drug-likeness (QED) is 0.341. The smallest absolute Gasteiger partial charge is 0.165 e. The van der Waals surface area contributed by atoms with Crippen molar-refractivity contribution < 1.29 is 4.39 Å². The van der Waals surface area contributed by atoms with Crippen molar-refractivity contribution in [1.29, 1.82) is 0 Å². The molecule has 0 radical (unpaired) electrons. The molecule has 0 spiro atoms. The summed E-state index contributed by atoms with van der Waals surface area (Å²) in [4.78, 5) is 7.67. The molecule has 2 aromatic rings. The summed E-state index contributed by atoms with van der Waals surface area (Å²) in [5.41, 5.74) is 2.54. The Morgan fingerprint density at radius 1 is 1.00 bits per heavy atom. The summed E-state index contributed by atoms with van der Waals surface area (Å²) in [6.07, 6.45) is 11.1. The number of rotatable bonds is 4. The van der Waals surface area contributed by atoms with Crippen LogP contribution in [0.1, 0.15) is 67.6 Å². The monoisotopic (exact) mass is 390 g/mol. The Bertz CT molecular complexity index is 939. The predicted molar refractivity (Wildman–Crippen MR) is 113 cm³/mol. The van der Waals surface area contributed by atoms with Gasteiger partial charge in [-0.2, -0.15) is 4.99 Å². The highest BCUT2D eigenvalue weighted by Gasteiger charge is 2.28. The van der Waals surface area contributed by atoms with Gasteiger partial charge in [-0.3, -0.25) is 0 Å². The van der Waals surface area contributed by atoms with Gasteiger partial charge >= 0.3 is 0 Å². The average molecular weight is 391 g/mol. The van der Waals surface area contributed by atoms with Crippen LogP contribution in [0, 0.1) is 29.5 Å². The molecule has 1 heterocycles. The second-order valence-electron chi connectivity index (χ2n) is 7.99. The van der Waals surface area contributed by atoms with Crippen LogP contribution in [-0.4, -0.2) is 10.1 Å². The van der Waals surface area contributed by atoms with E-state index >= 15 is 0 Å². The van der Waals surface area contributed by atoms with Gasteiger partial charge in [0.25, 0.3) is 0 Å². The summed E-state index contributed by atoms with van der Waals surface area (Å²) in [5, 5.41) is 2.18. The third-order valence-corrected chi connectivity index (χ3v) is 6.02. The number of thiocarbonyl (C=S) groups is 1. The van der Waals surface area contributed by atoms with Crippen LogP contribution in [0.25, 0.3) is 0 Å². The van der Waals surface area contributed by atoms with Gasteiger partial charge in [-0.25, -0.2) is 9.37 Å². The van der Waals surface area contributed by atoms with Gasteiger partial charge in [-0.05, 0) is 79.8 Å². The van der Waals surface area contributed by atoms with Gasteiger partial charge in [0, 0.05) is 17.8 Å². The topological polar surface area (TPSA) is 25.2 Å². The summed E-state index contributed by atoms with van der Waals surface area (Å²) in [7, 11) is 0. The molecule has 4 heteroatoms. The number of nitrogens with zero attached hydrogens (tertiary/aromatic N) is 2. The number of aliphatic imine (C=N–C) groups is 1. The summed E-state index contributed by atoms with van der Waals surface area (Å²) < 4.78 is 14.0. The maximum Gasteiger partial charge on any atom is 0.165 e. The number of halogens is 1. The second-order valence-corrected chi connectivity index (χ2v) is 8.18. The molecule has 2 nitrogen and oxygen atoms in total. The number of aromatic nitrogens is 1. The molecule has 1 aromatic heterocycles. The van der Waals surface area contributed by atoms with Crippen LogP contribution in [0.2, 0.25) is 0 Å². The van der Waals surface area contributed by atoms with E-state index in [-0.39, 0.29) is 11.4 Å². The third kappa shape index (κ3) is 4.93. The highest BCUT2D eigenvalue weighted by molar-refractivity contribution is 7.78. The Hall–Kier alpha value is -2.34. The Kier molecular flexibility index (Phi) is 5.95. The molecule has 142 valence electrons. The molecule has 0 amide bonds. The van der Waals surface area contributed by atoms with Gasteiger partial charge in [0.15, 0.2) is 5.82 Å². The van der Waals surface area contributed by atoms with Crippen LogP contribution < -0.4 is 0 Å². The van der Waals surface area contributed by atoms with Crippen LogP contribution in [0.15, 0.2) is 41.5 Å². The zero-order valence-electron chi connectivity index (χ0n) is 15.8. The Morgan fingerprint density at radius 3 is 2.29 bits per heavy atom. The van der Waals surface area contributed by atoms with Crippen molar-refractivity contribution >= 4 is 23.2 Å². The average Bonchev–Trinajstić information content (AvgIpc) is 3.53. The lowest BCUT2D eigenvalue weighted by Gasteiger charge is -2.28. The molecule has 0 saturated heterocycles. The maximum atomic E-state index is 14.0. The molecule has 2 saturated carbocycles. The SMILES string of the molecule is Fc1cc(N=C=S)ncc1C#Cc1ccc(C2CCC(CC3CC3)CC2)cc1. The van der Waals surface area contributed by atoms with Gasteiger partial charge in [0.05, 0.1) is 10.7 Å². The predicted octanol–water partition coefficient (Wildman–Crippen LogP) is 6.43. The Balaban J connectivity index is 1.37. The van der Waals surface area contributed by atoms with Crippen molar-refractivity contribution in [3.63, 3.8) is 0 Å². The normalized spacial score (nSPS) is 21.3. The largest absolute Gasteiger partial charge is 0.235 e. The first-order valence-electron chi connectivity index (χ1n) is 10.1. The van der Waals surface area contributed by atoms with E-state index in [9.17, 15) is 4.39 Å². The molecule has 28 heavy (non-hydrogen) atoms. The second kappa shape index (κ2) is 8.78. The molecule has 1 aromatic carbocycles. The molecular formula is C24H23FN2S. The van der Waals surface area contributed by atoms with Crippen LogP contribution >= 0.6 is 12.2 Å². The summed E-state index contributed by atoms with van der Waals surface area (Å²) in [6.45, 7) is 0. The standard InChI is InChI=1S/C24H23FN2S/c25-23-14-24(27-16-28)26-15-22(23)12-5-17-3-8-20(9-4-17)21-10-6-19(7-11-21)13-18-1-2-18/h3-4,8-9,14-15,18-19,21H,1-2,6-7,10-11,13H2. The molecular weight excluding hydrogens is 367 g/mol. The van der Waals surface area contributed by atoms with Gasteiger partial charge in [0.1, 0.15) is 5.82 Å². The minimum Gasteiger partial charge on any atom is -0.235 e. The zero-order valence-corrected chi connectivity index (χ0v) is 16.6. The van der Waals surface area contributed by atoms with E-state index in [4.69, 9.17) is 0 Å². The van der Waals surface area contributed by atoms with Crippen LogP contribution in [0.4, 0.5) is 10.2 Å². The molecule has 0 atom stereocenters. The minimum absolute atomic E-state index is 0.203. The number of pyridine rings is 1. The summed E-state index contributed by atoms with van der Waals surface area (Å²) in [5.74, 6) is 8.30. The molecule has 0 bridgehead atoms. The first-order chi connectivity index (χ1) is 13.7. The molecule has 0 unspecified atom stereocenters. The van der Waals surface area contributed by atoms with E-state index in [1.807, 2.05) is 12.1 Å². The first-order valence-corrected chi connectivity index (χ1v) is 10.5. The maximum absolute atomic E-state index is 14.0. The lowest BCUT2D eigenvalue weighted by molar-refractivity contribution is 0.299.